The van der Waals surface area contributed by atoms with Crippen LogP contribution >= 0.6 is 11.6 Å². The van der Waals surface area contributed by atoms with E-state index in [2.05, 4.69) is 20.6 Å². The van der Waals surface area contributed by atoms with Crippen molar-refractivity contribution in [3.05, 3.63) is 76.7 Å². The van der Waals surface area contributed by atoms with E-state index in [4.69, 9.17) is 16.3 Å². The van der Waals surface area contributed by atoms with Crippen molar-refractivity contribution < 1.29 is 9.53 Å². The summed E-state index contributed by atoms with van der Waals surface area (Å²) in [6.07, 6.45) is 2.93. The summed E-state index contributed by atoms with van der Waals surface area (Å²) >= 11 is 6.10. The number of amides is 1. The van der Waals surface area contributed by atoms with Crippen molar-refractivity contribution in [1.29, 1.82) is 0 Å². The Balaban J connectivity index is 1.62. The molecule has 138 valence electrons. The molecule has 7 heteroatoms. The van der Waals surface area contributed by atoms with Crippen LogP contribution < -0.4 is 15.4 Å². The highest BCUT2D eigenvalue weighted by molar-refractivity contribution is 6.32. The van der Waals surface area contributed by atoms with Crippen LogP contribution in [-0.2, 0) is 6.54 Å². The van der Waals surface area contributed by atoms with Gasteiger partial charge in [-0.2, -0.15) is 0 Å². The predicted molar refractivity (Wildman–Crippen MR) is 106 cm³/mol. The molecule has 2 aromatic carbocycles. The third-order valence-electron chi connectivity index (χ3n) is 4.01. The molecule has 1 heterocycles. The van der Waals surface area contributed by atoms with E-state index in [0.29, 0.717) is 23.1 Å². The third-order valence-corrected chi connectivity index (χ3v) is 4.30. The summed E-state index contributed by atoms with van der Waals surface area (Å²) in [4.78, 5) is 20.7. The van der Waals surface area contributed by atoms with Gasteiger partial charge in [-0.15, -0.1) is 0 Å². The summed E-state index contributed by atoms with van der Waals surface area (Å²) in [6, 6.07) is 13.2. The minimum absolute atomic E-state index is 0.252. The van der Waals surface area contributed by atoms with Gasteiger partial charge in [0.25, 0.3) is 5.91 Å². The number of aryl methyl sites for hydroxylation is 1. The number of aromatic nitrogens is 2. The van der Waals surface area contributed by atoms with Gasteiger partial charge in [-0.05, 0) is 36.2 Å². The molecule has 0 saturated heterocycles. The second kappa shape index (κ2) is 8.51. The number of methoxy groups -OCH3 is 1. The molecule has 1 amide bonds. The Morgan fingerprint density at radius 3 is 2.63 bits per heavy atom. The fraction of sp³-hybridized carbons (Fsp3) is 0.150. The van der Waals surface area contributed by atoms with E-state index in [9.17, 15) is 4.79 Å². The minimum atomic E-state index is -0.273. The summed E-state index contributed by atoms with van der Waals surface area (Å²) in [5.41, 5.74) is 3.18. The normalized spacial score (nSPS) is 10.3. The molecule has 0 fully saturated rings. The van der Waals surface area contributed by atoms with E-state index >= 15 is 0 Å². The van der Waals surface area contributed by atoms with Crippen molar-refractivity contribution in [2.24, 2.45) is 0 Å². The zero-order valence-electron chi connectivity index (χ0n) is 15.0. The highest BCUT2D eigenvalue weighted by atomic mass is 35.5. The molecule has 27 heavy (non-hydrogen) atoms. The quantitative estimate of drug-likeness (QED) is 0.670. The molecule has 0 spiro atoms. The van der Waals surface area contributed by atoms with Crippen LogP contribution in [0, 0.1) is 6.92 Å². The highest BCUT2D eigenvalue weighted by Crippen LogP contribution is 2.28. The van der Waals surface area contributed by atoms with Crippen LogP contribution in [0.5, 0.6) is 5.75 Å². The average molecular weight is 383 g/mol. The molecule has 0 aliphatic carbocycles. The molecule has 3 rings (SSSR count). The van der Waals surface area contributed by atoms with E-state index in [-0.39, 0.29) is 11.6 Å². The average Bonchev–Trinajstić information content (AvgIpc) is 2.68. The van der Waals surface area contributed by atoms with Crippen LogP contribution in [0.25, 0.3) is 0 Å². The maximum Gasteiger partial charge on any atom is 0.271 e. The molecule has 3 aromatic rings. The lowest BCUT2D eigenvalue weighted by molar-refractivity contribution is 0.0945. The molecule has 0 atom stereocenters. The number of carbonyl (C=O) groups is 1. The van der Waals surface area contributed by atoms with Gasteiger partial charge in [0.05, 0.1) is 24.5 Å². The largest absolute Gasteiger partial charge is 0.495 e. The molecule has 0 aliphatic rings. The second-order valence-corrected chi connectivity index (χ2v) is 6.28. The Labute approximate surface area is 162 Å². The Morgan fingerprint density at radius 2 is 1.96 bits per heavy atom. The van der Waals surface area contributed by atoms with Crippen molar-refractivity contribution in [2.75, 3.05) is 12.4 Å². The number of halogens is 1. The van der Waals surface area contributed by atoms with Crippen LogP contribution in [0.4, 0.5) is 11.5 Å². The number of nitrogens with one attached hydrogen (secondary N) is 2. The monoisotopic (exact) mass is 382 g/mol. The van der Waals surface area contributed by atoms with Crippen molar-refractivity contribution in [1.82, 2.24) is 15.3 Å². The van der Waals surface area contributed by atoms with E-state index < -0.39 is 0 Å². The van der Waals surface area contributed by atoms with Crippen LogP contribution in [0.15, 0.2) is 54.9 Å². The van der Waals surface area contributed by atoms with Crippen LogP contribution in [0.1, 0.15) is 21.6 Å². The standard InChI is InChI=1S/C20H19ClN4O2/c1-13-5-3-4-6-14(13)10-24-20(26)17-11-23-19(12-22-17)25-15-7-8-18(27-2)16(21)9-15/h3-9,11-12H,10H2,1-2H3,(H,23,25)(H,24,26). The lowest BCUT2D eigenvalue weighted by Gasteiger charge is -2.09. The molecule has 0 radical (unpaired) electrons. The number of anilines is 2. The zero-order valence-corrected chi connectivity index (χ0v) is 15.7. The van der Waals surface area contributed by atoms with Gasteiger partial charge in [-0.3, -0.25) is 4.79 Å². The van der Waals surface area contributed by atoms with Gasteiger partial charge in [-0.1, -0.05) is 35.9 Å². The predicted octanol–water partition coefficient (Wildman–Crippen LogP) is 4.12. The van der Waals surface area contributed by atoms with Crippen LogP contribution in [-0.4, -0.2) is 23.0 Å². The number of nitrogens with zero attached hydrogens (tertiary/aromatic N) is 2. The van der Waals surface area contributed by atoms with Gasteiger partial charge >= 0.3 is 0 Å². The first kappa shape index (κ1) is 18.7. The summed E-state index contributed by atoms with van der Waals surface area (Å²) in [6.45, 7) is 2.45. The number of hydrogen-bond donors (Lipinski definition) is 2. The van der Waals surface area contributed by atoms with Crippen molar-refractivity contribution in [2.45, 2.75) is 13.5 Å². The van der Waals surface area contributed by atoms with Gasteiger partial charge in [0.1, 0.15) is 17.3 Å². The first-order valence-corrected chi connectivity index (χ1v) is 8.70. The fourth-order valence-corrected chi connectivity index (χ4v) is 2.73. The number of ether oxygens (including phenoxy) is 1. The number of carbonyl (C=O) groups excluding carboxylic acids is 1. The SMILES string of the molecule is COc1ccc(Nc2cnc(C(=O)NCc3ccccc3C)cn2)cc1Cl. The summed E-state index contributed by atoms with van der Waals surface area (Å²) in [5, 5.41) is 6.42. The minimum Gasteiger partial charge on any atom is -0.495 e. The maximum absolute atomic E-state index is 12.2. The number of rotatable bonds is 6. The van der Waals surface area contributed by atoms with Gasteiger partial charge in [-0.25, -0.2) is 9.97 Å². The van der Waals surface area contributed by atoms with Crippen molar-refractivity contribution in [3.8, 4) is 5.75 Å². The molecule has 0 aliphatic heterocycles. The number of hydrogen-bond acceptors (Lipinski definition) is 5. The van der Waals surface area contributed by atoms with Crippen molar-refractivity contribution >= 4 is 29.0 Å². The lowest BCUT2D eigenvalue weighted by atomic mass is 10.1. The summed E-state index contributed by atoms with van der Waals surface area (Å²) < 4.78 is 5.12. The number of benzene rings is 2. The van der Waals surface area contributed by atoms with Crippen LogP contribution in [0.2, 0.25) is 5.02 Å². The smallest absolute Gasteiger partial charge is 0.271 e. The third kappa shape index (κ3) is 4.74. The highest BCUT2D eigenvalue weighted by Gasteiger charge is 2.09. The Hall–Kier alpha value is -3.12. The summed E-state index contributed by atoms with van der Waals surface area (Å²) in [5.74, 6) is 0.824. The topological polar surface area (TPSA) is 76.1 Å². The Bertz CT molecular complexity index is 945. The first-order valence-electron chi connectivity index (χ1n) is 8.32. The molecule has 0 saturated carbocycles. The van der Waals surface area contributed by atoms with Gasteiger partial charge < -0.3 is 15.4 Å². The van der Waals surface area contributed by atoms with Crippen LogP contribution in [0.3, 0.4) is 0 Å². The van der Waals surface area contributed by atoms with Gasteiger partial charge in [0.2, 0.25) is 0 Å². The van der Waals surface area contributed by atoms with E-state index in [1.807, 2.05) is 37.3 Å². The maximum atomic E-state index is 12.2. The van der Waals surface area contributed by atoms with E-state index in [1.165, 1.54) is 12.4 Å². The second-order valence-electron chi connectivity index (χ2n) is 5.87. The molecule has 0 unspecified atom stereocenters. The van der Waals surface area contributed by atoms with Gasteiger partial charge in [0.15, 0.2) is 0 Å². The first-order chi connectivity index (χ1) is 13.1. The molecule has 0 bridgehead atoms. The lowest BCUT2D eigenvalue weighted by Crippen LogP contribution is -2.24. The molecule has 6 nitrogen and oxygen atoms in total. The van der Waals surface area contributed by atoms with E-state index in [0.717, 1.165) is 16.8 Å². The molecular weight excluding hydrogens is 364 g/mol. The molecular formula is C20H19ClN4O2. The van der Waals surface area contributed by atoms with E-state index in [1.54, 1.807) is 19.2 Å². The fourth-order valence-electron chi connectivity index (χ4n) is 2.48. The molecule has 2 N–H and O–H groups in total. The van der Waals surface area contributed by atoms with Gasteiger partial charge in [0, 0.05) is 12.2 Å². The molecule has 1 aromatic heterocycles. The van der Waals surface area contributed by atoms with Crippen molar-refractivity contribution in [3.63, 3.8) is 0 Å². The Kier molecular flexibility index (Phi) is 5.88. The Morgan fingerprint density at radius 1 is 1.15 bits per heavy atom. The zero-order chi connectivity index (χ0) is 19.2. The summed E-state index contributed by atoms with van der Waals surface area (Å²) in [7, 11) is 1.56.